The number of nitrogens with zero attached hydrogens (tertiary/aromatic N) is 2. The Labute approximate surface area is 315 Å². The van der Waals surface area contributed by atoms with E-state index in [1.807, 2.05) is 0 Å². The third-order valence-corrected chi connectivity index (χ3v) is 6.34. The number of aliphatic imine (C=N–C) groups is 2. The molecule has 2 aliphatic heterocycles. The lowest BCUT2D eigenvalue weighted by atomic mass is 9.83. The van der Waals surface area contributed by atoms with E-state index >= 15 is 0 Å². The summed E-state index contributed by atoms with van der Waals surface area (Å²) in [6, 6.07) is 0. The van der Waals surface area contributed by atoms with Gasteiger partial charge in [-0.25, -0.2) is 24.2 Å². The Kier molecular flexibility index (Phi) is 15.8. The molecule has 4 N–H and O–H groups in total. The molecular weight excluding hydrogens is 712 g/mol. The van der Waals surface area contributed by atoms with Crippen LogP contribution in [0.15, 0.2) is 22.1 Å². The maximum atomic E-state index is 13.2. The van der Waals surface area contributed by atoms with Gasteiger partial charge in [0.05, 0.1) is 25.4 Å². The number of ether oxygens (including phenoxy) is 7. The second-order valence-corrected chi connectivity index (χ2v) is 16.2. The summed E-state index contributed by atoms with van der Waals surface area (Å²) >= 11 is 0. The van der Waals surface area contributed by atoms with Crippen LogP contribution in [-0.2, 0) is 42.7 Å². The Morgan fingerprint density at radius 3 is 1.17 bits per heavy atom. The van der Waals surface area contributed by atoms with Gasteiger partial charge in [-0.05, 0) is 83.1 Å². The van der Waals surface area contributed by atoms with Crippen molar-refractivity contribution in [1.29, 1.82) is 0 Å². The summed E-state index contributed by atoms with van der Waals surface area (Å²) in [5.41, 5.74) is -3.27. The Bertz CT molecular complexity index is 1400. The number of guanidine groups is 2. The normalized spacial score (nSPS) is 19.0. The van der Waals surface area contributed by atoms with Crippen molar-refractivity contribution in [2.24, 2.45) is 21.8 Å². The van der Waals surface area contributed by atoms with Gasteiger partial charge in [-0.3, -0.25) is 35.8 Å². The lowest BCUT2D eigenvalue weighted by Gasteiger charge is -2.22. The molecule has 0 radical (unpaired) electrons. The smallest absolute Gasteiger partial charge is 0.414 e. The van der Waals surface area contributed by atoms with Gasteiger partial charge < -0.3 is 33.2 Å². The van der Waals surface area contributed by atoms with E-state index in [1.165, 1.54) is 0 Å². The molecule has 0 aliphatic carbocycles. The van der Waals surface area contributed by atoms with E-state index < -0.39 is 82.8 Å². The molecule has 2 bridgehead atoms. The first-order chi connectivity index (χ1) is 24.7. The Morgan fingerprint density at radius 2 is 0.833 bits per heavy atom. The number of alkyl carbamates (subject to hydrolysis) is 4. The molecule has 4 amide bonds. The number of nitrogens with one attached hydrogen (secondary N) is 4. The number of carbonyl (C=O) groups excluding carboxylic acids is 6. The largest absolute Gasteiger partial charge is 0.465 e. The van der Waals surface area contributed by atoms with Crippen molar-refractivity contribution in [2.45, 2.75) is 124 Å². The number of rotatable bonds is 9. The fraction of sp³-hybridized carbons (Fsp3) is 0.714. The van der Waals surface area contributed by atoms with Gasteiger partial charge in [0.1, 0.15) is 40.8 Å². The number of amides is 4. The molecule has 4 unspecified atom stereocenters. The molecule has 4 atom stereocenters. The van der Waals surface area contributed by atoms with Crippen molar-refractivity contribution >= 4 is 48.2 Å². The molecule has 0 saturated carbocycles. The van der Waals surface area contributed by atoms with Crippen LogP contribution in [0, 0.1) is 11.8 Å². The van der Waals surface area contributed by atoms with E-state index in [2.05, 4.69) is 31.3 Å². The van der Waals surface area contributed by atoms with Crippen LogP contribution in [-0.4, -0.2) is 109 Å². The molecule has 0 aromatic carbocycles. The Morgan fingerprint density at radius 1 is 0.519 bits per heavy atom. The Balaban J connectivity index is 2.00. The predicted octanol–water partition coefficient (Wildman–Crippen LogP) is 3.84. The van der Waals surface area contributed by atoms with Gasteiger partial charge in [-0.15, -0.1) is 0 Å². The third-order valence-electron chi connectivity index (χ3n) is 6.34. The van der Waals surface area contributed by atoms with Crippen molar-refractivity contribution in [2.75, 3.05) is 26.3 Å². The van der Waals surface area contributed by atoms with Crippen molar-refractivity contribution in [3.8, 4) is 0 Å². The summed E-state index contributed by atoms with van der Waals surface area (Å²) in [7, 11) is 0. The summed E-state index contributed by atoms with van der Waals surface area (Å²) in [4.78, 5) is 83.9. The van der Waals surface area contributed by atoms with Crippen LogP contribution in [0.5, 0.6) is 0 Å². The highest BCUT2D eigenvalue weighted by atomic mass is 16.6. The van der Waals surface area contributed by atoms with Gasteiger partial charge in [-0.1, -0.05) is 12.2 Å². The highest BCUT2D eigenvalue weighted by Gasteiger charge is 2.54. The average Bonchev–Trinajstić information content (AvgIpc) is 3.57. The minimum absolute atomic E-state index is 0.0148. The van der Waals surface area contributed by atoms with Crippen LogP contribution < -0.4 is 21.3 Å². The fourth-order valence-corrected chi connectivity index (χ4v) is 4.62. The number of carbonyl (C=O) groups is 6. The van der Waals surface area contributed by atoms with E-state index in [0.717, 1.165) is 0 Å². The molecule has 0 aromatic heterocycles. The van der Waals surface area contributed by atoms with Crippen LogP contribution in [0.3, 0.4) is 0 Å². The minimum atomic E-state index is -1.00. The average molecular weight is 769 g/mol. The monoisotopic (exact) mass is 768 g/mol. The molecule has 304 valence electrons. The SMILES string of the molecule is CC(C)(C)OC(=O)NC(=NCCCOC(=O)C1C2C=CC(O2)C1C(=O)OCCN=C(NC(=O)OC(C)(C)C)NC(=O)OC(C)(C)C)NC(=O)OC(C)(C)C. The summed E-state index contributed by atoms with van der Waals surface area (Å²) < 4.78 is 37.5. The highest BCUT2D eigenvalue weighted by molar-refractivity contribution is 6.02. The van der Waals surface area contributed by atoms with E-state index in [1.54, 1.807) is 95.2 Å². The maximum Gasteiger partial charge on any atom is 0.414 e. The number of hydrogen-bond acceptors (Lipinski definition) is 15. The van der Waals surface area contributed by atoms with Crippen molar-refractivity contribution in [1.82, 2.24) is 21.3 Å². The lowest BCUT2D eigenvalue weighted by Crippen LogP contribution is -2.47. The summed E-state index contributed by atoms with van der Waals surface area (Å²) in [5, 5.41) is 9.40. The van der Waals surface area contributed by atoms with Crippen molar-refractivity contribution in [3.63, 3.8) is 0 Å². The topological polar surface area (TPSA) is 240 Å². The van der Waals surface area contributed by atoms with Crippen molar-refractivity contribution < 1.29 is 61.9 Å². The standard InChI is InChI=1S/C35H56N6O13/c1-32(2,3)51-28(44)38-26(39-29(45)52-33(4,5)6)36-16-13-18-48-24(42)22-20-14-15-21(50-20)23(22)25(43)49-19-17-37-27(40-30(46)53-34(7,8)9)41-31(47)54-35(10,11)12/h14-15,20-23H,13,16-19H2,1-12H3,(H2,36,38,39,44,45)(H2,37,40,41,46,47). The van der Waals surface area contributed by atoms with Crippen LogP contribution in [0.1, 0.15) is 89.5 Å². The van der Waals surface area contributed by atoms with Crippen LogP contribution in [0.2, 0.25) is 0 Å². The number of hydrogen-bond donors (Lipinski definition) is 4. The number of esters is 2. The molecule has 0 spiro atoms. The summed E-state index contributed by atoms with van der Waals surface area (Å²) in [6.45, 7) is 19.5. The van der Waals surface area contributed by atoms with Gasteiger partial charge in [0.2, 0.25) is 11.9 Å². The lowest BCUT2D eigenvalue weighted by molar-refractivity contribution is -0.159. The molecule has 19 heteroatoms. The van der Waals surface area contributed by atoms with E-state index in [9.17, 15) is 28.8 Å². The van der Waals surface area contributed by atoms with E-state index in [4.69, 9.17) is 33.2 Å². The first-order valence-corrected chi connectivity index (χ1v) is 17.5. The van der Waals surface area contributed by atoms with Gasteiger partial charge >= 0.3 is 36.3 Å². The maximum absolute atomic E-state index is 13.2. The molecule has 54 heavy (non-hydrogen) atoms. The van der Waals surface area contributed by atoms with Gasteiger partial charge in [0, 0.05) is 13.0 Å². The van der Waals surface area contributed by atoms with E-state index in [0.29, 0.717) is 0 Å². The zero-order chi connectivity index (χ0) is 41.1. The molecule has 1 fully saturated rings. The third kappa shape index (κ3) is 17.7. The first-order valence-electron chi connectivity index (χ1n) is 17.5. The van der Waals surface area contributed by atoms with Gasteiger partial charge in [-0.2, -0.15) is 0 Å². The molecule has 2 aliphatic rings. The van der Waals surface area contributed by atoms with Crippen LogP contribution in [0.25, 0.3) is 0 Å². The second-order valence-electron chi connectivity index (χ2n) is 16.2. The first kappa shape index (κ1) is 45.2. The van der Waals surface area contributed by atoms with Crippen LogP contribution >= 0.6 is 0 Å². The predicted molar refractivity (Wildman–Crippen MR) is 193 cm³/mol. The number of fused-ring (bicyclic) bond motifs is 2. The molecule has 1 saturated heterocycles. The zero-order valence-electron chi connectivity index (χ0n) is 33.2. The van der Waals surface area contributed by atoms with Gasteiger partial charge in [0.25, 0.3) is 0 Å². The summed E-state index contributed by atoms with van der Waals surface area (Å²) in [5.74, 6) is -3.94. The van der Waals surface area contributed by atoms with Crippen LogP contribution in [0.4, 0.5) is 19.2 Å². The highest BCUT2D eigenvalue weighted by Crippen LogP contribution is 2.40. The van der Waals surface area contributed by atoms with Gasteiger partial charge in [0.15, 0.2) is 0 Å². The molecule has 0 aromatic rings. The second kappa shape index (κ2) is 18.9. The minimum Gasteiger partial charge on any atom is -0.465 e. The molecular formula is C35H56N6O13. The molecule has 2 rings (SSSR count). The zero-order valence-corrected chi connectivity index (χ0v) is 33.2. The molecule has 19 nitrogen and oxygen atoms in total. The molecule has 2 heterocycles. The fourth-order valence-electron chi connectivity index (χ4n) is 4.62. The summed E-state index contributed by atoms with van der Waals surface area (Å²) in [6.07, 6.45) is -1.38. The van der Waals surface area contributed by atoms with Crippen molar-refractivity contribution in [3.05, 3.63) is 12.2 Å². The van der Waals surface area contributed by atoms with E-state index in [-0.39, 0.29) is 44.6 Å². The quantitative estimate of drug-likeness (QED) is 0.0652. The Hall–Kier alpha value is -4.94.